The van der Waals surface area contributed by atoms with Gasteiger partial charge >= 0.3 is 5.69 Å². The number of rotatable bonds is 5. The van der Waals surface area contributed by atoms with Crippen LogP contribution < -0.4 is 20.8 Å². The van der Waals surface area contributed by atoms with Crippen molar-refractivity contribution in [3.05, 3.63) is 82.3 Å². The van der Waals surface area contributed by atoms with Gasteiger partial charge in [0.1, 0.15) is 12.4 Å². The number of anilines is 3. The number of fused-ring (bicyclic) bond motifs is 1. The molecule has 3 heterocycles. The molecular formula is C25H26FN7O2. The van der Waals surface area contributed by atoms with Crippen molar-refractivity contribution in [2.75, 3.05) is 41.3 Å². The van der Waals surface area contributed by atoms with E-state index in [9.17, 15) is 14.0 Å². The van der Waals surface area contributed by atoms with Crippen molar-refractivity contribution in [1.29, 1.82) is 0 Å². The van der Waals surface area contributed by atoms with Crippen LogP contribution in [-0.4, -0.2) is 51.3 Å². The molecule has 10 heteroatoms. The fourth-order valence-corrected chi connectivity index (χ4v) is 4.20. The van der Waals surface area contributed by atoms with Crippen LogP contribution in [0.1, 0.15) is 11.1 Å². The van der Waals surface area contributed by atoms with E-state index in [1.54, 1.807) is 31.5 Å². The molecule has 0 bridgehead atoms. The number of hydrogen-bond acceptors (Lipinski definition) is 6. The number of carbonyl (C=O) groups excluding carboxylic acids is 1. The molecule has 1 aliphatic heterocycles. The summed E-state index contributed by atoms with van der Waals surface area (Å²) < 4.78 is 16.3. The maximum atomic E-state index is 13.8. The lowest BCUT2D eigenvalue weighted by atomic mass is 10.2. The van der Waals surface area contributed by atoms with Gasteiger partial charge in [0.15, 0.2) is 5.82 Å². The second-order valence-corrected chi connectivity index (χ2v) is 8.71. The maximum Gasteiger partial charge on any atom is 0.350 e. The van der Waals surface area contributed by atoms with Gasteiger partial charge in [-0.2, -0.15) is 0 Å². The average molecular weight is 476 g/mol. The highest BCUT2D eigenvalue weighted by atomic mass is 19.1. The number of amides is 1. The quantitative estimate of drug-likeness (QED) is 0.478. The van der Waals surface area contributed by atoms with Crippen LogP contribution in [0.3, 0.4) is 0 Å². The second-order valence-electron chi connectivity index (χ2n) is 8.71. The van der Waals surface area contributed by atoms with Crippen LogP contribution in [0.2, 0.25) is 0 Å². The van der Waals surface area contributed by atoms with Crippen LogP contribution in [0.15, 0.2) is 59.7 Å². The first kappa shape index (κ1) is 22.6. The molecule has 0 radical (unpaired) electrons. The summed E-state index contributed by atoms with van der Waals surface area (Å²) in [4.78, 5) is 34.3. The molecule has 2 aromatic carbocycles. The van der Waals surface area contributed by atoms with Gasteiger partial charge in [0.2, 0.25) is 11.6 Å². The van der Waals surface area contributed by atoms with E-state index in [0.717, 1.165) is 30.9 Å². The Hall–Kier alpha value is -4.21. The Morgan fingerprint density at radius 2 is 1.74 bits per heavy atom. The number of halogens is 1. The second kappa shape index (κ2) is 9.21. The molecule has 0 atom stereocenters. The van der Waals surface area contributed by atoms with Crippen molar-refractivity contribution in [1.82, 2.24) is 19.2 Å². The van der Waals surface area contributed by atoms with E-state index >= 15 is 0 Å². The molecule has 0 aliphatic carbocycles. The van der Waals surface area contributed by atoms with E-state index in [-0.39, 0.29) is 6.54 Å². The van der Waals surface area contributed by atoms with E-state index in [0.29, 0.717) is 22.7 Å². The zero-order chi connectivity index (χ0) is 24.5. The lowest BCUT2D eigenvalue weighted by Gasteiger charge is -2.36. The van der Waals surface area contributed by atoms with E-state index in [1.165, 1.54) is 21.7 Å². The summed E-state index contributed by atoms with van der Waals surface area (Å²) in [6, 6.07) is 12.9. The summed E-state index contributed by atoms with van der Waals surface area (Å²) in [6.07, 6.45) is 3.11. The minimum Gasteiger partial charge on any atom is -0.368 e. The Balaban J connectivity index is 1.32. The minimum absolute atomic E-state index is 0.295. The van der Waals surface area contributed by atoms with Crippen molar-refractivity contribution in [3.8, 4) is 0 Å². The molecule has 1 amide bonds. The normalized spacial score (nSPS) is 13.9. The summed E-state index contributed by atoms with van der Waals surface area (Å²) in [5.41, 5.74) is 3.18. The van der Waals surface area contributed by atoms with Crippen molar-refractivity contribution in [2.45, 2.75) is 20.4 Å². The van der Waals surface area contributed by atoms with Gasteiger partial charge in [0.05, 0.1) is 0 Å². The monoisotopic (exact) mass is 475 g/mol. The standard InChI is InChI=1S/C25H26FN7O2/c1-17-3-7-20(8-4-17)30-11-13-31(14-12-30)23-24-29-33(25(35)32(24)10-9-27-23)16-22(34)28-19-6-5-18(2)21(26)15-19/h3-10,15H,11-14,16H2,1-2H3,(H,28,34). The van der Waals surface area contributed by atoms with Gasteiger partial charge in [-0.15, -0.1) is 5.10 Å². The van der Waals surface area contributed by atoms with E-state index in [1.807, 2.05) is 0 Å². The zero-order valence-electron chi connectivity index (χ0n) is 19.6. The van der Waals surface area contributed by atoms with Gasteiger partial charge in [-0.3, -0.25) is 4.79 Å². The first-order valence-corrected chi connectivity index (χ1v) is 11.5. The number of aryl methyl sites for hydroxylation is 2. The van der Waals surface area contributed by atoms with Crippen LogP contribution in [0, 0.1) is 19.7 Å². The maximum absolute atomic E-state index is 13.8. The first-order chi connectivity index (χ1) is 16.9. The molecule has 2 aromatic heterocycles. The van der Waals surface area contributed by atoms with Gasteiger partial charge < -0.3 is 15.1 Å². The lowest BCUT2D eigenvalue weighted by molar-refractivity contribution is -0.117. The fraction of sp³-hybridized carbons (Fsp3) is 0.280. The summed E-state index contributed by atoms with van der Waals surface area (Å²) >= 11 is 0. The van der Waals surface area contributed by atoms with Crippen LogP contribution in [0.4, 0.5) is 21.6 Å². The van der Waals surface area contributed by atoms with Crippen LogP contribution in [-0.2, 0) is 11.3 Å². The smallest absolute Gasteiger partial charge is 0.350 e. The highest BCUT2D eigenvalue weighted by Crippen LogP contribution is 2.21. The molecule has 1 aliphatic rings. The average Bonchev–Trinajstić information content (AvgIpc) is 3.17. The molecule has 180 valence electrons. The number of nitrogens with one attached hydrogen (secondary N) is 1. The van der Waals surface area contributed by atoms with Crippen molar-refractivity contribution in [3.63, 3.8) is 0 Å². The summed E-state index contributed by atoms with van der Waals surface area (Å²) in [5.74, 6) is -0.279. The number of hydrogen-bond donors (Lipinski definition) is 1. The van der Waals surface area contributed by atoms with Gasteiger partial charge in [0, 0.05) is 49.9 Å². The summed E-state index contributed by atoms with van der Waals surface area (Å²) in [7, 11) is 0. The third-order valence-electron chi connectivity index (χ3n) is 6.21. The van der Waals surface area contributed by atoms with Gasteiger partial charge in [-0.05, 0) is 43.7 Å². The molecule has 0 unspecified atom stereocenters. The number of carbonyl (C=O) groups is 1. The Morgan fingerprint density at radius 1 is 1.03 bits per heavy atom. The number of piperazine rings is 1. The molecule has 9 nitrogen and oxygen atoms in total. The number of nitrogens with zero attached hydrogens (tertiary/aromatic N) is 6. The predicted octanol–water partition coefficient (Wildman–Crippen LogP) is 2.61. The zero-order valence-corrected chi connectivity index (χ0v) is 19.6. The molecule has 5 rings (SSSR count). The Bertz CT molecular complexity index is 1440. The van der Waals surface area contributed by atoms with Crippen molar-refractivity contribution < 1.29 is 9.18 Å². The fourth-order valence-electron chi connectivity index (χ4n) is 4.20. The Kier molecular flexibility index (Phi) is 5.94. The van der Waals surface area contributed by atoms with E-state index in [4.69, 9.17) is 0 Å². The molecule has 1 N–H and O–H groups in total. The van der Waals surface area contributed by atoms with Crippen LogP contribution in [0.25, 0.3) is 5.65 Å². The third kappa shape index (κ3) is 4.59. The van der Waals surface area contributed by atoms with Gasteiger partial charge in [-0.1, -0.05) is 23.8 Å². The lowest BCUT2D eigenvalue weighted by Crippen LogP contribution is -2.47. The Morgan fingerprint density at radius 3 is 2.46 bits per heavy atom. The van der Waals surface area contributed by atoms with Crippen molar-refractivity contribution >= 4 is 28.7 Å². The minimum atomic E-state index is -0.472. The van der Waals surface area contributed by atoms with Crippen LogP contribution in [0.5, 0.6) is 0 Å². The summed E-state index contributed by atoms with van der Waals surface area (Å²) in [6.45, 7) is 6.49. The summed E-state index contributed by atoms with van der Waals surface area (Å²) in [5, 5.41) is 7.01. The predicted molar refractivity (Wildman–Crippen MR) is 133 cm³/mol. The molecule has 35 heavy (non-hydrogen) atoms. The Labute approximate surface area is 201 Å². The SMILES string of the molecule is Cc1ccc(N2CCN(c3nccn4c(=O)n(CC(=O)Nc5ccc(C)c(F)c5)nc34)CC2)cc1. The highest BCUT2D eigenvalue weighted by Gasteiger charge is 2.23. The van der Waals surface area contributed by atoms with Gasteiger partial charge in [0.25, 0.3) is 0 Å². The number of benzene rings is 2. The number of aromatic nitrogens is 4. The topological polar surface area (TPSA) is 87.8 Å². The third-order valence-corrected chi connectivity index (χ3v) is 6.21. The molecule has 0 spiro atoms. The van der Waals surface area contributed by atoms with E-state index in [2.05, 4.69) is 56.4 Å². The molecule has 1 fully saturated rings. The molecular weight excluding hydrogens is 449 g/mol. The first-order valence-electron chi connectivity index (χ1n) is 11.5. The largest absolute Gasteiger partial charge is 0.368 e. The van der Waals surface area contributed by atoms with Crippen molar-refractivity contribution in [2.24, 2.45) is 0 Å². The van der Waals surface area contributed by atoms with Crippen LogP contribution >= 0.6 is 0 Å². The van der Waals surface area contributed by atoms with E-state index < -0.39 is 17.4 Å². The highest BCUT2D eigenvalue weighted by molar-refractivity contribution is 5.90. The molecule has 0 saturated carbocycles. The molecule has 1 saturated heterocycles. The molecule has 4 aromatic rings. The van der Waals surface area contributed by atoms with Gasteiger partial charge in [-0.25, -0.2) is 23.3 Å².